The molecule has 7 nitrogen and oxygen atoms in total. The second-order valence-electron chi connectivity index (χ2n) is 8.78. The number of aryl methyl sites for hydroxylation is 2. The summed E-state index contributed by atoms with van der Waals surface area (Å²) in [5.74, 6) is 0.661. The standard InChI is InChI=1S/C27H31N3O4S/c1-20-6-4-7-22(18-20)28-35(32,33)25-13-8-21(2)26(19-25)27(31)30-15-5-14-29(16-17-30)23-9-11-24(34-3)12-10-23/h4,6-13,18-19,28H,5,14-17H2,1-3H3. The van der Waals surface area contributed by atoms with Crippen molar-refractivity contribution in [1.29, 1.82) is 0 Å². The summed E-state index contributed by atoms with van der Waals surface area (Å²) < 4.78 is 33.9. The average molecular weight is 494 g/mol. The van der Waals surface area contributed by atoms with Gasteiger partial charge in [-0.25, -0.2) is 8.42 Å². The molecule has 0 bridgehead atoms. The number of sulfonamides is 1. The second kappa shape index (κ2) is 10.4. The van der Waals surface area contributed by atoms with Gasteiger partial charge in [0.15, 0.2) is 0 Å². The summed E-state index contributed by atoms with van der Waals surface area (Å²) in [6, 6.07) is 19.8. The Morgan fingerprint density at radius 3 is 2.40 bits per heavy atom. The van der Waals surface area contributed by atoms with Gasteiger partial charge in [-0.15, -0.1) is 0 Å². The van der Waals surface area contributed by atoms with Crippen molar-refractivity contribution in [2.45, 2.75) is 25.2 Å². The van der Waals surface area contributed by atoms with Gasteiger partial charge in [0.05, 0.1) is 12.0 Å². The van der Waals surface area contributed by atoms with Gasteiger partial charge in [-0.2, -0.15) is 0 Å². The minimum atomic E-state index is -3.83. The first kappa shape index (κ1) is 24.6. The molecular formula is C27H31N3O4S. The molecule has 1 N–H and O–H groups in total. The lowest BCUT2D eigenvalue weighted by Gasteiger charge is -2.24. The van der Waals surface area contributed by atoms with Gasteiger partial charge in [-0.1, -0.05) is 18.2 Å². The van der Waals surface area contributed by atoms with Gasteiger partial charge in [0.2, 0.25) is 0 Å². The molecule has 3 aromatic carbocycles. The third-order valence-electron chi connectivity index (χ3n) is 6.24. The number of hydrogen-bond acceptors (Lipinski definition) is 5. The molecule has 4 rings (SSSR count). The highest BCUT2D eigenvalue weighted by Gasteiger charge is 2.24. The van der Waals surface area contributed by atoms with Crippen molar-refractivity contribution >= 4 is 27.3 Å². The minimum Gasteiger partial charge on any atom is -0.497 e. The first-order valence-electron chi connectivity index (χ1n) is 11.7. The largest absolute Gasteiger partial charge is 0.497 e. The highest BCUT2D eigenvalue weighted by molar-refractivity contribution is 7.92. The molecule has 0 spiro atoms. The van der Waals surface area contributed by atoms with Gasteiger partial charge in [0, 0.05) is 43.1 Å². The van der Waals surface area contributed by atoms with Crippen LogP contribution in [-0.2, 0) is 10.0 Å². The van der Waals surface area contributed by atoms with E-state index in [0.717, 1.165) is 35.5 Å². The third-order valence-corrected chi connectivity index (χ3v) is 7.62. The van der Waals surface area contributed by atoms with Gasteiger partial charge in [-0.05, 0) is 79.9 Å². The molecule has 0 aliphatic carbocycles. The van der Waals surface area contributed by atoms with E-state index in [0.29, 0.717) is 30.9 Å². The minimum absolute atomic E-state index is 0.0719. The van der Waals surface area contributed by atoms with E-state index in [9.17, 15) is 13.2 Å². The summed E-state index contributed by atoms with van der Waals surface area (Å²) in [6.45, 7) is 6.44. The fourth-order valence-electron chi connectivity index (χ4n) is 4.26. The zero-order chi connectivity index (χ0) is 25.0. The summed E-state index contributed by atoms with van der Waals surface area (Å²) in [6.07, 6.45) is 0.823. The maximum atomic E-state index is 13.5. The Bertz CT molecular complexity index is 1310. The molecule has 1 aliphatic rings. The molecule has 1 heterocycles. The van der Waals surface area contributed by atoms with Crippen LogP contribution in [0.3, 0.4) is 0 Å². The summed E-state index contributed by atoms with van der Waals surface area (Å²) in [5, 5.41) is 0. The number of hydrogen-bond donors (Lipinski definition) is 1. The van der Waals surface area contributed by atoms with E-state index in [4.69, 9.17) is 4.74 Å². The molecule has 0 saturated carbocycles. The molecule has 0 atom stereocenters. The van der Waals surface area contributed by atoms with E-state index < -0.39 is 10.0 Å². The zero-order valence-corrected chi connectivity index (χ0v) is 21.1. The summed E-state index contributed by atoms with van der Waals surface area (Å²) in [4.78, 5) is 17.6. The maximum Gasteiger partial charge on any atom is 0.261 e. The van der Waals surface area contributed by atoms with Crippen LogP contribution in [0.4, 0.5) is 11.4 Å². The van der Waals surface area contributed by atoms with Crippen molar-refractivity contribution in [3.05, 3.63) is 83.4 Å². The number of carbonyl (C=O) groups excluding carboxylic acids is 1. The number of anilines is 2. The van der Waals surface area contributed by atoms with Crippen LogP contribution in [0.25, 0.3) is 0 Å². The molecule has 1 saturated heterocycles. The summed E-state index contributed by atoms with van der Waals surface area (Å²) in [5.41, 5.74) is 3.70. The number of benzene rings is 3. The number of nitrogens with one attached hydrogen (secondary N) is 1. The fraction of sp³-hybridized carbons (Fsp3) is 0.296. The molecule has 0 aromatic heterocycles. The monoisotopic (exact) mass is 493 g/mol. The average Bonchev–Trinajstić information content (AvgIpc) is 3.10. The Morgan fingerprint density at radius 2 is 1.69 bits per heavy atom. The van der Waals surface area contributed by atoms with Crippen molar-refractivity contribution < 1.29 is 17.9 Å². The second-order valence-corrected chi connectivity index (χ2v) is 10.5. The van der Waals surface area contributed by atoms with Gasteiger partial charge in [0.25, 0.3) is 15.9 Å². The number of rotatable bonds is 6. The Hall–Kier alpha value is -3.52. The quantitative estimate of drug-likeness (QED) is 0.548. The molecule has 0 radical (unpaired) electrons. The van der Waals surface area contributed by atoms with Crippen LogP contribution < -0.4 is 14.4 Å². The highest BCUT2D eigenvalue weighted by atomic mass is 32.2. The molecule has 1 amide bonds. The van der Waals surface area contributed by atoms with Crippen molar-refractivity contribution in [3.8, 4) is 5.75 Å². The first-order chi connectivity index (χ1) is 16.8. The molecule has 35 heavy (non-hydrogen) atoms. The van der Waals surface area contributed by atoms with Crippen LogP contribution in [0.1, 0.15) is 27.9 Å². The van der Waals surface area contributed by atoms with E-state index >= 15 is 0 Å². The van der Waals surface area contributed by atoms with Crippen LogP contribution in [0.5, 0.6) is 5.75 Å². The smallest absolute Gasteiger partial charge is 0.261 e. The van der Waals surface area contributed by atoms with Crippen LogP contribution in [0, 0.1) is 13.8 Å². The third kappa shape index (κ3) is 5.77. The summed E-state index contributed by atoms with van der Waals surface area (Å²) >= 11 is 0. The van der Waals surface area contributed by atoms with Crippen molar-refractivity contribution in [1.82, 2.24) is 4.90 Å². The molecule has 184 valence electrons. The topological polar surface area (TPSA) is 79.0 Å². The number of amides is 1. The number of methoxy groups -OCH3 is 1. The summed E-state index contributed by atoms with van der Waals surface area (Å²) in [7, 11) is -2.19. The van der Waals surface area contributed by atoms with Crippen LogP contribution >= 0.6 is 0 Å². The van der Waals surface area contributed by atoms with E-state index in [1.165, 1.54) is 12.1 Å². The lowest BCUT2D eigenvalue weighted by Crippen LogP contribution is -2.35. The lowest BCUT2D eigenvalue weighted by atomic mass is 10.1. The Morgan fingerprint density at radius 1 is 0.914 bits per heavy atom. The van der Waals surface area contributed by atoms with Crippen LogP contribution in [0.2, 0.25) is 0 Å². The molecule has 3 aromatic rings. The molecule has 8 heteroatoms. The lowest BCUT2D eigenvalue weighted by molar-refractivity contribution is 0.0766. The van der Waals surface area contributed by atoms with E-state index in [1.807, 2.05) is 49.1 Å². The van der Waals surface area contributed by atoms with Crippen LogP contribution in [0.15, 0.2) is 71.6 Å². The van der Waals surface area contributed by atoms with Crippen molar-refractivity contribution in [3.63, 3.8) is 0 Å². The van der Waals surface area contributed by atoms with E-state index in [1.54, 1.807) is 31.4 Å². The fourth-order valence-corrected chi connectivity index (χ4v) is 5.34. The van der Waals surface area contributed by atoms with E-state index in [-0.39, 0.29) is 10.8 Å². The molecular weight excluding hydrogens is 462 g/mol. The van der Waals surface area contributed by atoms with Crippen LogP contribution in [-0.4, -0.2) is 52.5 Å². The first-order valence-corrected chi connectivity index (χ1v) is 13.1. The van der Waals surface area contributed by atoms with Gasteiger partial charge in [0.1, 0.15) is 5.75 Å². The van der Waals surface area contributed by atoms with Gasteiger partial charge < -0.3 is 14.5 Å². The van der Waals surface area contributed by atoms with Crippen molar-refractivity contribution in [2.75, 3.05) is 42.9 Å². The number of carbonyl (C=O) groups is 1. The van der Waals surface area contributed by atoms with Gasteiger partial charge >= 0.3 is 0 Å². The normalized spacial score (nSPS) is 14.4. The Kier molecular flexibility index (Phi) is 7.31. The zero-order valence-electron chi connectivity index (χ0n) is 20.3. The van der Waals surface area contributed by atoms with Crippen molar-refractivity contribution in [2.24, 2.45) is 0 Å². The molecule has 1 fully saturated rings. The SMILES string of the molecule is COc1ccc(N2CCCN(C(=O)c3cc(S(=O)(=O)Nc4cccc(C)c4)ccc3C)CC2)cc1. The predicted molar refractivity (Wildman–Crippen MR) is 139 cm³/mol. The highest BCUT2D eigenvalue weighted by Crippen LogP contribution is 2.23. The maximum absolute atomic E-state index is 13.5. The number of ether oxygens (including phenoxy) is 1. The predicted octanol–water partition coefficient (Wildman–Crippen LogP) is 4.47. The Labute approximate surface area is 207 Å². The number of nitrogens with zero attached hydrogens (tertiary/aromatic N) is 2. The molecule has 0 unspecified atom stereocenters. The van der Waals surface area contributed by atoms with Gasteiger partial charge in [-0.3, -0.25) is 9.52 Å². The molecule has 1 aliphatic heterocycles. The van der Waals surface area contributed by atoms with E-state index in [2.05, 4.69) is 9.62 Å². The Balaban J connectivity index is 1.50.